The molecule has 2 N–H and O–H groups in total. The summed E-state index contributed by atoms with van der Waals surface area (Å²) in [4.78, 5) is 10.6. The lowest BCUT2D eigenvalue weighted by atomic mass is 10.1. The van der Waals surface area contributed by atoms with Gasteiger partial charge in [-0.15, -0.1) is 0 Å². The third-order valence-corrected chi connectivity index (χ3v) is 1.65. The van der Waals surface area contributed by atoms with Crippen LogP contribution in [0, 0.1) is 0 Å². The maximum atomic E-state index is 10.6. The van der Waals surface area contributed by atoms with Crippen molar-refractivity contribution in [1.82, 2.24) is 5.32 Å². The number of amides is 1. The average Bonchev–Trinajstić information content (AvgIpc) is 2.57. The first-order chi connectivity index (χ1) is 4.29. The van der Waals surface area contributed by atoms with Crippen molar-refractivity contribution >= 4 is 5.91 Å². The molecular weight excluding hydrogens is 122 g/mol. The zero-order valence-corrected chi connectivity index (χ0v) is 4.70. The van der Waals surface area contributed by atoms with Crippen LogP contribution in [0.2, 0.25) is 0 Å². The summed E-state index contributed by atoms with van der Waals surface area (Å²) in [6, 6.07) is 0. The number of aliphatic hydroxyl groups is 1. The summed E-state index contributed by atoms with van der Waals surface area (Å²) in [5.74, 6) is -0.0923. The molecule has 2 rings (SSSR count). The Morgan fingerprint density at radius 2 is 2.56 bits per heavy atom. The summed E-state index contributed by atoms with van der Waals surface area (Å²) in [6.07, 6.45) is -1.06. The Labute approximate surface area is 51.8 Å². The molecule has 2 aliphatic heterocycles. The number of fused-ring (bicyclic) bond motifs is 1. The highest BCUT2D eigenvalue weighted by Crippen LogP contribution is 2.27. The maximum Gasteiger partial charge on any atom is 0.252 e. The van der Waals surface area contributed by atoms with Gasteiger partial charge in [-0.1, -0.05) is 0 Å². The van der Waals surface area contributed by atoms with Crippen molar-refractivity contribution < 1.29 is 14.6 Å². The topological polar surface area (TPSA) is 61.9 Å². The molecule has 2 saturated heterocycles. The molecule has 2 aliphatic rings. The number of epoxide rings is 1. The van der Waals surface area contributed by atoms with Gasteiger partial charge in [-0.2, -0.15) is 0 Å². The van der Waals surface area contributed by atoms with Gasteiger partial charge in [-0.25, -0.2) is 0 Å². The second-order valence-corrected chi connectivity index (χ2v) is 2.33. The van der Waals surface area contributed by atoms with Crippen LogP contribution < -0.4 is 5.32 Å². The van der Waals surface area contributed by atoms with Gasteiger partial charge in [0, 0.05) is 6.54 Å². The van der Waals surface area contributed by atoms with E-state index in [1.54, 1.807) is 0 Å². The molecule has 50 valence electrons. The van der Waals surface area contributed by atoms with E-state index in [0.29, 0.717) is 6.54 Å². The quantitative estimate of drug-likeness (QED) is 0.381. The fraction of sp³-hybridized carbons (Fsp3) is 0.800. The first-order valence-corrected chi connectivity index (χ1v) is 2.90. The summed E-state index contributed by atoms with van der Waals surface area (Å²) < 4.78 is 4.84. The molecule has 3 atom stereocenters. The molecule has 4 nitrogen and oxygen atoms in total. The molecule has 0 aliphatic carbocycles. The second kappa shape index (κ2) is 1.46. The molecule has 0 aromatic rings. The number of ether oxygens (including phenoxy) is 1. The number of piperidine rings is 1. The summed E-state index contributed by atoms with van der Waals surface area (Å²) in [7, 11) is 0. The number of β-amino-alcohol motifs (C(OH)–C–C–N with tert-alkyl or cyclic N) is 1. The van der Waals surface area contributed by atoms with E-state index in [2.05, 4.69) is 5.32 Å². The van der Waals surface area contributed by atoms with Crippen molar-refractivity contribution in [3.8, 4) is 0 Å². The van der Waals surface area contributed by atoms with Crippen molar-refractivity contribution in [2.24, 2.45) is 0 Å². The summed E-state index contributed by atoms with van der Waals surface area (Å²) in [5, 5.41) is 11.5. The fourth-order valence-corrected chi connectivity index (χ4v) is 1.05. The van der Waals surface area contributed by atoms with Gasteiger partial charge in [-0.05, 0) is 0 Å². The highest BCUT2D eigenvalue weighted by Gasteiger charge is 2.52. The second-order valence-electron chi connectivity index (χ2n) is 2.33. The van der Waals surface area contributed by atoms with Crippen LogP contribution in [0.1, 0.15) is 0 Å². The van der Waals surface area contributed by atoms with Gasteiger partial charge >= 0.3 is 0 Å². The summed E-state index contributed by atoms with van der Waals surface area (Å²) >= 11 is 0. The summed E-state index contributed by atoms with van der Waals surface area (Å²) in [6.45, 7) is 0.333. The maximum absolute atomic E-state index is 10.6. The first kappa shape index (κ1) is 5.20. The van der Waals surface area contributed by atoms with Crippen molar-refractivity contribution in [3.05, 3.63) is 0 Å². The van der Waals surface area contributed by atoms with Crippen LogP contribution in [0.4, 0.5) is 0 Å². The zero-order valence-electron chi connectivity index (χ0n) is 4.70. The van der Waals surface area contributed by atoms with Gasteiger partial charge in [0.2, 0.25) is 0 Å². The van der Waals surface area contributed by atoms with Crippen molar-refractivity contribution in [1.29, 1.82) is 0 Å². The number of aliphatic hydroxyl groups excluding tert-OH is 1. The lowest BCUT2D eigenvalue weighted by molar-refractivity contribution is -0.123. The Bertz CT molecular complexity index is 158. The average molecular weight is 129 g/mol. The predicted octanol–water partition coefficient (Wildman–Crippen LogP) is -1.76. The minimum absolute atomic E-state index is 0.0923. The van der Waals surface area contributed by atoms with E-state index in [1.807, 2.05) is 0 Å². The monoisotopic (exact) mass is 129 g/mol. The smallest absolute Gasteiger partial charge is 0.252 e. The SMILES string of the molecule is O=C1NC[C@@H](O)[C@H]2O[C@@H]12. The van der Waals surface area contributed by atoms with Crippen LogP contribution in [0.25, 0.3) is 0 Å². The van der Waals surface area contributed by atoms with Crippen LogP contribution in [0.5, 0.6) is 0 Å². The van der Waals surface area contributed by atoms with Crippen molar-refractivity contribution in [2.75, 3.05) is 6.54 Å². The summed E-state index contributed by atoms with van der Waals surface area (Å²) in [5.41, 5.74) is 0. The molecule has 0 aromatic heterocycles. The Balaban J connectivity index is 2.08. The molecule has 2 fully saturated rings. The van der Waals surface area contributed by atoms with E-state index < -0.39 is 6.10 Å². The molecule has 0 bridgehead atoms. The van der Waals surface area contributed by atoms with E-state index in [1.165, 1.54) is 0 Å². The molecule has 4 heteroatoms. The minimum atomic E-state index is -0.493. The lowest BCUT2D eigenvalue weighted by Gasteiger charge is -2.12. The zero-order chi connectivity index (χ0) is 6.43. The normalized spacial score (nSPS) is 47.7. The number of hydrogen-bond acceptors (Lipinski definition) is 3. The molecule has 0 radical (unpaired) electrons. The highest BCUT2D eigenvalue weighted by molar-refractivity contribution is 5.84. The standard InChI is InChI=1S/C5H7NO3/c7-2-1-6-5(8)4-3(2)9-4/h2-4,7H,1H2,(H,6,8)/t2-,3-,4-/m1/s1. The molecule has 1 amide bonds. The van der Waals surface area contributed by atoms with E-state index in [9.17, 15) is 4.79 Å². The molecule has 2 heterocycles. The van der Waals surface area contributed by atoms with Crippen LogP contribution in [-0.4, -0.2) is 35.9 Å². The molecule has 9 heavy (non-hydrogen) atoms. The molecule has 0 aromatic carbocycles. The number of carbonyl (C=O) groups is 1. The predicted molar refractivity (Wildman–Crippen MR) is 27.7 cm³/mol. The van der Waals surface area contributed by atoms with Gasteiger partial charge in [0.15, 0.2) is 6.10 Å². The number of hydrogen-bond donors (Lipinski definition) is 2. The minimum Gasteiger partial charge on any atom is -0.388 e. The molecule has 0 unspecified atom stereocenters. The van der Waals surface area contributed by atoms with Crippen LogP contribution in [0.3, 0.4) is 0 Å². The number of rotatable bonds is 0. The lowest BCUT2D eigenvalue weighted by Crippen LogP contribution is -2.44. The van der Waals surface area contributed by atoms with E-state index in [0.717, 1.165) is 0 Å². The first-order valence-electron chi connectivity index (χ1n) is 2.90. The van der Waals surface area contributed by atoms with Gasteiger partial charge in [0.1, 0.15) is 12.2 Å². The largest absolute Gasteiger partial charge is 0.388 e. The Hall–Kier alpha value is -0.610. The van der Waals surface area contributed by atoms with Crippen LogP contribution in [0.15, 0.2) is 0 Å². The Morgan fingerprint density at radius 3 is 3.22 bits per heavy atom. The van der Waals surface area contributed by atoms with Crippen molar-refractivity contribution in [3.63, 3.8) is 0 Å². The van der Waals surface area contributed by atoms with E-state index >= 15 is 0 Å². The molecular formula is C5H7NO3. The number of carbonyl (C=O) groups excluding carboxylic acids is 1. The fourth-order valence-electron chi connectivity index (χ4n) is 1.05. The third-order valence-electron chi connectivity index (χ3n) is 1.65. The molecule has 0 spiro atoms. The van der Waals surface area contributed by atoms with Crippen LogP contribution >= 0.6 is 0 Å². The van der Waals surface area contributed by atoms with Gasteiger partial charge < -0.3 is 15.2 Å². The van der Waals surface area contributed by atoms with E-state index in [4.69, 9.17) is 9.84 Å². The van der Waals surface area contributed by atoms with Gasteiger partial charge in [-0.3, -0.25) is 4.79 Å². The molecule has 0 saturated carbocycles. The van der Waals surface area contributed by atoms with Gasteiger partial charge in [0.25, 0.3) is 5.91 Å². The Morgan fingerprint density at radius 1 is 1.78 bits per heavy atom. The van der Waals surface area contributed by atoms with Crippen LogP contribution in [-0.2, 0) is 9.53 Å². The van der Waals surface area contributed by atoms with Crippen molar-refractivity contribution in [2.45, 2.75) is 18.3 Å². The number of nitrogens with one attached hydrogen (secondary N) is 1. The Kier molecular flexibility index (Phi) is 0.841. The third kappa shape index (κ3) is 0.635. The van der Waals surface area contributed by atoms with Gasteiger partial charge in [0.05, 0.1) is 0 Å². The van der Waals surface area contributed by atoms with E-state index in [-0.39, 0.29) is 18.1 Å². The highest BCUT2D eigenvalue weighted by atomic mass is 16.6.